The Hall–Kier alpha value is -1.35. The zero-order valence-corrected chi connectivity index (χ0v) is 9.36. The molecule has 1 N–H and O–H groups in total. The molecule has 0 bridgehead atoms. The zero-order valence-electron chi connectivity index (χ0n) is 9.36. The maximum atomic E-state index is 10.4. The molecule has 1 aromatic carbocycles. The molecule has 0 aliphatic heterocycles. The smallest absolute Gasteiger partial charge is 0.211 e. The minimum Gasteiger partial charge on any atom is -0.328 e. The van der Waals surface area contributed by atoms with Crippen LogP contribution in [0.2, 0.25) is 0 Å². The molecule has 82 valence electrons. The van der Waals surface area contributed by atoms with Crippen molar-refractivity contribution in [2.75, 3.05) is 18.4 Å². The van der Waals surface area contributed by atoms with Gasteiger partial charge in [-0.05, 0) is 24.7 Å². The Labute approximate surface area is 91.1 Å². The highest BCUT2D eigenvalue weighted by Gasteiger charge is 2.04. The third kappa shape index (κ3) is 3.36. The van der Waals surface area contributed by atoms with Crippen LogP contribution in [0.5, 0.6) is 0 Å². The average Bonchev–Trinajstić information content (AvgIpc) is 2.28. The van der Waals surface area contributed by atoms with Crippen molar-refractivity contribution < 1.29 is 4.79 Å². The summed E-state index contributed by atoms with van der Waals surface area (Å²) in [5.74, 6) is 0. The van der Waals surface area contributed by atoms with E-state index in [1.54, 1.807) is 0 Å². The van der Waals surface area contributed by atoms with E-state index in [9.17, 15) is 4.79 Å². The van der Waals surface area contributed by atoms with Crippen LogP contribution in [-0.2, 0) is 11.3 Å². The van der Waals surface area contributed by atoms with Gasteiger partial charge in [0, 0.05) is 12.2 Å². The Balaban J connectivity index is 2.78. The van der Waals surface area contributed by atoms with Crippen molar-refractivity contribution in [2.45, 2.75) is 20.4 Å². The molecule has 3 nitrogen and oxygen atoms in total. The topological polar surface area (TPSA) is 32.3 Å². The van der Waals surface area contributed by atoms with Gasteiger partial charge in [-0.2, -0.15) is 0 Å². The van der Waals surface area contributed by atoms with Crippen molar-refractivity contribution in [1.29, 1.82) is 0 Å². The number of nitrogens with one attached hydrogen (secondary N) is 1. The lowest BCUT2D eigenvalue weighted by molar-refractivity contribution is -0.105. The van der Waals surface area contributed by atoms with E-state index < -0.39 is 0 Å². The molecular weight excluding hydrogens is 188 g/mol. The molecule has 0 saturated carbocycles. The summed E-state index contributed by atoms with van der Waals surface area (Å²) in [6.07, 6.45) is 0.723. The Morgan fingerprint density at radius 3 is 2.53 bits per heavy atom. The van der Waals surface area contributed by atoms with Gasteiger partial charge in [0.25, 0.3) is 0 Å². The number of hydrogen-bond acceptors (Lipinski definition) is 2. The van der Waals surface area contributed by atoms with Gasteiger partial charge in [0.1, 0.15) is 0 Å². The van der Waals surface area contributed by atoms with Gasteiger partial charge < -0.3 is 5.32 Å². The summed E-state index contributed by atoms with van der Waals surface area (Å²) in [7, 11) is 0. The summed E-state index contributed by atoms with van der Waals surface area (Å²) in [5.41, 5.74) is 2.06. The standard InChI is InChI=1S/C12H18N2O/c1-3-14(4-2)9-11-7-5-6-8-12(11)13-10-15/h5-8,10H,3-4,9H2,1-2H3,(H,13,15). The summed E-state index contributed by atoms with van der Waals surface area (Å²) in [6, 6.07) is 7.89. The van der Waals surface area contributed by atoms with E-state index >= 15 is 0 Å². The monoisotopic (exact) mass is 206 g/mol. The van der Waals surface area contributed by atoms with Crippen LogP contribution in [-0.4, -0.2) is 24.4 Å². The van der Waals surface area contributed by atoms with Crippen LogP contribution < -0.4 is 5.32 Å². The van der Waals surface area contributed by atoms with Crippen LogP contribution >= 0.6 is 0 Å². The van der Waals surface area contributed by atoms with Gasteiger partial charge in [-0.1, -0.05) is 32.0 Å². The van der Waals surface area contributed by atoms with Gasteiger partial charge in [0.15, 0.2) is 0 Å². The fraction of sp³-hybridized carbons (Fsp3) is 0.417. The second-order valence-corrected chi connectivity index (χ2v) is 3.38. The predicted molar refractivity (Wildman–Crippen MR) is 62.8 cm³/mol. The first-order valence-electron chi connectivity index (χ1n) is 5.32. The third-order valence-electron chi connectivity index (χ3n) is 2.52. The van der Waals surface area contributed by atoms with Gasteiger partial charge >= 0.3 is 0 Å². The summed E-state index contributed by atoms with van der Waals surface area (Å²) in [6.45, 7) is 7.19. The molecule has 1 aromatic rings. The first kappa shape index (κ1) is 11.7. The molecular formula is C12H18N2O. The second kappa shape index (κ2) is 6.19. The molecule has 0 aliphatic carbocycles. The van der Waals surface area contributed by atoms with Crippen molar-refractivity contribution >= 4 is 12.1 Å². The third-order valence-corrected chi connectivity index (χ3v) is 2.52. The molecule has 0 unspecified atom stereocenters. The van der Waals surface area contributed by atoms with E-state index in [1.165, 1.54) is 0 Å². The number of rotatable bonds is 6. The van der Waals surface area contributed by atoms with Gasteiger partial charge in [-0.25, -0.2) is 0 Å². The molecule has 0 heterocycles. The number of para-hydroxylation sites is 1. The lowest BCUT2D eigenvalue weighted by Crippen LogP contribution is -2.22. The minimum atomic E-state index is 0.723. The highest BCUT2D eigenvalue weighted by atomic mass is 16.1. The number of hydrogen-bond donors (Lipinski definition) is 1. The lowest BCUT2D eigenvalue weighted by atomic mass is 10.1. The molecule has 0 aliphatic rings. The number of amides is 1. The highest BCUT2D eigenvalue weighted by Crippen LogP contribution is 2.16. The number of carbonyl (C=O) groups excluding carboxylic acids is 1. The van der Waals surface area contributed by atoms with Crippen LogP contribution in [0.4, 0.5) is 5.69 Å². The second-order valence-electron chi connectivity index (χ2n) is 3.38. The molecule has 1 amide bonds. The van der Waals surface area contributed by atoms with Crippen LogP contribution in [0.15, 0.2) is 24.3 Å². The Kier molecular flexibility index (Phi) is 4.84. The van der Waals surface area contributed by atoms with Crippen LogP contribution in [0.1, 0.15) is 19.4 Å². The quantitative estimate of drug-likeness (QED) is 0.723. The van der Waals surface area contributed by atoms with Gasteiger partial charge in [-0.15, -0.1) is 0 Å². The molecule has 15 heavy (non-hydrogen) atoms. The molecule has 0 saturated heterocycles. The zero-order chi connectivity index (χ0) is 11.1. The average molecular weight is 206 g/mol. The van der Waals surface area contributed by atoms with Gasteiger partial charge in [0.2, 0.25) is 6.41 Å². The maximum Gasteiger partial charge on any atom is 0.211 e. The van der Waals surface area contributed by atoms with E-state index in [1.807, 2.05) is 24.3 Å². The van der Waals surface area contributed by atoms with Gasteiger partial charge in [-0.3, -0.25) is 9.69 Å². The normalized spacial score (nSPS) is 10.3. The Morgan fingerprint density at radius 1 is 1.27 bits per heavy atom. The molecule has 3 heteroatoms. The van der Waals surface area contributed by atoms with Gasteiger partial charge in [0.05, 0.1) is 0 Å². The van der Waals surface area contributed by atoms with E-state index in [2.05, 4.69) is 24.1 Å². The van der Waals surface area contributed by atoms with E-state index in [0.29, 0.717) is 0 Å². The minimum absolute atomic E-state index is 0.723. The SMILES string of the molecule is CCN(CC)Cc1ccccc1NC=O. The molecule has 1 rings (SSSR count). The number of benzene rings is 1. The number of anilines is 1. The van der Waals surface area contributed by atoms with Crippen LogP contribution in [0.25, 0.3) is 0 Å². The van der Waals surface area contributed by atoms with E-state index in [0.717, 1.165) is 37.3 Å². The van der Waals surface area contributed by atoms with Crippen molar-refractivity contribution in [3.63, 3.8) is 0 Å². The number of carbonyl (C=O) groups is 1. The van der Waals surface area contributed by atoms with Crippen molar-refractivity contribution in [3.8, 4) is 0 Å². The predicted octanol–water partition coefficient (Wildman–Crippen LogP) is 2.10. The van der Waals surface area contributed by atoms with Crippen molar-refractivity contribution in [1.82, 2.24) is 4.90 Å². The van der Waals surface area contributed by atoms with E-state index in [4.69, 9.17) is 0 Å². The van der Waals surface area contributed by atoms with Crippen molar-refractivity contribution in [2.24, 2.45) is 0 Å². The highest BCUT2D eigenvalue weighted by molar-refractivity contribution is 5.73. The van der Waals surface area contributed by atoms with E-state index in [-0.39, 0.29) is 0 Å². The molecule has 0 aromatic heterocycles. The fourth-order valence-corrected chi connectivity index (χ4v) is 1.55. The summed E-state index contributed by atoms with van der Waals surface area (Å²) < 4.78 is 0. The largest absolute Gasteiger partial charge is 0.328 e. The lowest BCUT2D eigenvalue weighted by Gasteiger charge is -2.19. The molecule has 0 spiro atoms. The molecule has 0 fully saturated rings. The first-order valence-corrected chi connectivity index (χ1v) is 5.32. The molecule has 0 radical (unpaired) electrons. The number of nitrogens with zero attached hydrogens (tertiary/aromatic N) is 1. The fourth-order valence-electron chi connectivity index (χ4n) is 1.55. The summed E-state index contributed by atoms with van der Waals surface area (Å²) >= 11 is 0. The first-order chi connectivity index (χ1) is 7.31. The Morgan fingerprint density at radius 2 is 1.93 bits per heavy atom. The summed E-state index contributed by atoms with van der Waals surface area (Å²) in [5, 5.41) is 2.72. The van der Waals surface area contributed by atoms with Crippen LogP contribution in [0.3, 0.4) is 0 Å². The van der Waals surface area contributed by atoms with Crippen LogP contribution in [0, 0.1) is 0 Å². The Bertz CT molecular complexity index is 308. The van der Waals surface area contributed by atoms with Crippen molar-refractivity contribution in [3.05, 3.63) is 29.8 Å². The summed E-state index contributed by atoms with van der Waals surface area (Å²) in [4.78, 5) is 12.7. The molecule has 0 atom stereocenters. The maximum absolute atomic E-state index is 10.4.